The van der Waals surface area contributed by atoms with E-state index in [0.29, 0.717) is 12.1 Å². The molecule has 3 heterocycles. The zero-order valence-electron chi connectivity index (χ0n) is 11.9. The number of hydrogen-bond donors (Lipinski definition) is 1. The maximum atomic E-state index is 10.6. The van der Waals surface area contributed by atoms with Crippen molar-refractivity contribution in [2.75, 3.05) is 5.32 Å². The van der Waals surface area contributed by atoms with Crippen LogP contribution in [0.3, 0.4) is 0 Å². The number of nitrogens with one attached hydrogen (secondary N) is 1. The minimum absolute atomic E-state index is 0.657. The van der Waals surface area contributed by atoms with Gasteiger partial charge in [-0.15, -0.1) is 21.5 Å². The number of aromatic nitrogens is 4. The van der Waals surface area contributed by atoms with E-state index in [9.17, 15) is 4.79 Å². The van der Waals surface area contributed by atoms with Gasteiger partial charge in [-0.1, -0.05) is 18.2 Å². The van der Waals surface area contributed by atoms with Gasteiger partial charge in [0.05, 0.1) is 10.6 Å². The Balaban J connectivity index is 1.84. The molecule has 0 spiro atoms. The van der Waals surface area contributed by atoms with Crippen molar-refractivity contribution in [3.63, 3.8) is 0 Å². The van der Waals surface area contributed by atoms with Gasteiger partial charge in [0.15, 0.2) is 11.5 Å². The molecule has 4 rings (SSSR count). The fraction of sp³-hybridized carbons (Fsp3) is 0. The van der Waals surface area contributed by atoms with Crippen LogP contribution in [0.15, 0.2) is 53.9 Å². The predicted octanol–water partition coefficient (Wildman–Crippen LogP) is 3.09. The second kappa shape index (κ2) is 5.62. The molecule has 0 fully saturated rings. The summed E-state index contributed by atoms with van der Waals surface area (Å²) in [5.74, 6) is 0.721. The Hall–Kier alpha value is -3.06. The molecule has 0 saturated heterocycles. The molecule has 7 heteroatoms. The Bertz CT molecular complexity index is 977. The van der Waals surface area contributed by atoms with Gasteiger partial charge in [-0.05, 0) is 35.7 Å². The van der Waals surface area contributed by atoms with E-state index < -0.39 is 0 Å². The van der Waals surface area contributed by atoms with Gasteiger partial charge in [-0.3, -0.25) is 4.79 Å². The summed E-state index contributed by atoms with van der Waals surface area (Å²) in [6.07, 6.45) is 0.657. The highest BCUT2D eigenvalue weighted by Gasteiger charge is 2.11. The quantitative estimate of drug-likeness (QED) is 0.586. The minimum Gasteiger partial charge on any atom is -0.329 e. The van der Waals surface area contributed by atoms with Crippen molar-refractivity contribution in [2.24, 2.45) is 0 Å². The van der Waals surface area contributed by atoms with Gasteiger partial charge in [0.2, 0.25) is 6.41 Å². The van der Waals surface area contributed by atoms with Gasteiger partial charge in [0.25, 0.3) is 0 Å². The van der Waals surface area contributed by atoms with Crippen LogP contribution in [-0.4, -0.2) is 26.2 Å². The Labute approximate surface area is 135 Å². The largest absolute Gasteiger partial charge is 0.329 e. The van der Waals surface area contributed by atoms with Gasteiger partial charge in [-0.25, -0.2) is 0 Å². The molecule has 4 aromatic rings. The Morgan fingerprint density at radius 3 is 2.87 bits per heavy atom. The molecule has 0 radical (unpaired) electrons. The lowest BCUT2D eigenvalue weighted by Gasteiger charge is -2.05. The van der Waals surface area contributed by atoms with E-state index >= 15 is 0 Å². The van der Waals surface area contributed by atoms with Crippen LogP contribution < -0.4 is 5.32 Å². The predicted molar refractivity (Wildman–Crippen MR) is 89.2 cm³/mol. The van der Waals surface area contributed by atoms with Crippen molar-refractivity contribution in [1.82, 2.24) is 19.8 Å². The van der Waals surface area contributed by atoms with Crippen molar-refractivity contribution < 1.29 is 4.79 Å². The van der Waals surface area contributed by atoms with E-state index in [4.69, 9.17) is 0 Å². The summed E-state index contributed by atoms with van der Waals surface area (Å²) < 4.78 is 1.74. The van der Waals surface area contributed by atoms with Crippen molar-refractivity contribution in [3.8, 4) is 22.0 Å². The first-order chi connectivity index (χ1) is 11.3. The van der Waals surface area contributed by atoms with Crippen molar-refractivity contribution >= 4 is 29.1 Å². The monoisotopic (exact) mass is 321 g/mol. The van der Waals surface area contributed by atoms with Crippen molar-refractivity contribution in [3.05, 3.63) is 53.9 Å². The van der Waals surface area contributed by atoms with Crippen LogP contribution in [0.5, 0.6) is 0 Å². The van der Waals surface area contributed by atoms with E-state index in [1.807, 2.05) is 53.9 Å². The highest BCUT2D eigenvalue weighted by molar-refractivity contribution is 7.13. The molecule has 0 atom stereocenters. The topological polar surface area (TPSA) is 72.2 Å². The molecule has 0 aliphatic rings. The van der Waals surface area contributed by atoms with Crippen LogP contribution in [0.25, 0.3) is 27.6 Å². The molecule has 0 bridgehead atoms. The number of fused-ring (bicyclic) bond motifs is 1. The van der Waals surface area contributed by atoms with E-state index in [0.717, 1.165) is 27.6 Å². The third-order valence-electron chi connectivity index (χ3n) is 3.39. The van der Waals surface area contributed by atoms with Crippen LogP contribution in [0.2, 0.25) is 0 Å². The average Bonchev–Trinajstić information content (AvgIpc) is 3.24. The average molecular weight is 321 g/mol. The summed E-state index contributed by atoms with van der Waals surface area (Å²) in [7, 11) is 0. The highest BCUT2D eigenvalue weighted by Crippen LogP contribution is 2.25. The van der Waals surface area contributed by atoms with Crippen LogP contribution in [0.4, 0.5) is 5.69 Å². The van der Waals surface area contributed by atoms with Crippen molar-refractivity contribution in [2.45, 2.75) is 0 Å². The molecule has 6 nitrogen and oxygen atoms in total. The first-order valence-corrected chi connectivity index (χ1v) is 7.80. The Kier molecular flexibility index (Phi) is 3.32. The van der Waals surface area contributed by atoms with E-state index in [1.54, 1.807) is 15.9 Å². The second-order valence-corrected chi connectivity index (χ2v) is 5.78. The number of carbonyl (C=O) groups excluding carboxylic acids is 1. The zero-order valence-corrected chi connectivity index (χ0v) is 12.7. The van der Waals surface area contributed by atoms with Gasteiger partial charge in [0.1, 0.15) is 0 Å². The number of hydrogen-bond acceptors (Lipinski definition) is 5. The Morgan fingerprint density at radius 2 is 2.04 bits per heavy atom. The molecule has 0 aliphatic carbocycles. The fourth-order valence-electron chi connectivity index (χ4n) is 2.34. The lowest BCUT2D eigenvalue weighted by Crippen LogP contribution is -1.97. The summed E-state index contributed by atoms with van der Waals surface area (Å²) in [5.41, 5.74) is 3.11. The van der Waals surface area contributed by atoms with E-state index in [-0.39, 0.29) is 0 Å². The third-order valence-corrected chi connectivity index (χ3v) is 4.25. The van der Waals surface area contributed by atoms with Gasteiger partial charge >= 0.3 is 0 Å². The van der Waals surface area contributed by atoms with E-state index in [2.05, 4.69) is 20.6 Å². The van der Waals surface area contributed by atoms with E-state index in [1.165, 1.54) is 0 Å². The maximum absolute atomic E-state index is 10.6. The third kappa shape index (κ3) is 2.47. The Morgan fingerprint density at radius 1 is 1.09 bits per heavy atom. The summed E-state index contributed by atoms with van der Waals surface area (Å²) in [6, 6.07) is 15.3. The summed E-state index contributed by atoms with van der Waals surface area (Å²) in [4.78, 5) is 11.6. The van der Waals surface area contributed by atoms with Gasteiger partial charge in [-0.2, -0.15) is 9.61 Å². The fourth-order valence-corrected chi connectivity index (χ4v) is 3.03. The molecule has 1 N–H and O–H groups in total. The number of rotatable bonds is 4. The molecular weight excluding hydrogens is 310 g/mol. The number of carbonyl (C=O) groups is 1. The molecule has 0 aliphatic heterocycles. The number of amides is 1. The number of thiophene rings is 1. The standard InChI is InChI=1S/C16H11N5OS/c22-10-17-12-4-1-3-11(9-12)13-6-7-15-18-19-16(21(15)20-13)14-5-2-8-23-14/h1-10H,(H,17,22). The van der Waals surface area contributed by atoms with Gasteiger partial charge < -0.3 is 5.32 Å². The molecule has 112 valence electrons. The summed E-state index contributed by atoms with van der Waals surface area (Å²) >= 11 is 1.59. The van der Waals surface area contributed by atoms with Crippen LogP contribution in [0.1, 0.15) is 0 Å². The molecule has 1 amide bonds. The number of anilines is 1. The lowest BCUT2D eigenvalue weighted by atomic mass is 10.1. The van der Waals surface area contributed by atoms with Crippen molar-refractivity contribution in [1.29, 1.82) is 0 Å². The second-order valence-electron chi connectivity index (χ2n) is 4.83. The van der Waals surface area contributed by atoms with Crippen LogP contribution >= 0.6 is 11.3 Å². The van der Waals surface area contributed by atoms with Crippen LogP contribution in [0, 0.1) is 0 Å². The SMILES string of the molecule is O=CNc1cccc(-c2ccc3nnc(-c4cccs4)n3n2)c1. The van der Waals surface area contributed by atoms with Crippen LogP contribution in [-0.2, 0) is 4.79 Å². The molecule has 3 aromatic heterocycles. The number of benzene rings is 1. The normalized spacial score (nSPS) is 10.8. The first-order valence-electron chi connectivity index (χ1n) is 6.92. The maximum Gasteiger partial charge on any atom is 0.211 e. The lowest BCUT2D eigenvalue weighted by molar-refractivity contribution is -0.105. The minimum atomic E-state index is 0.657. The van der Waals surface area contributed by atoms with Gasteiger partial charge in [0, 0.05) is 11.3 Å². The molecular formula is C16H11N5OS. The first kappa shape index (κ1) is 13.6. The molecule has 23 heavy (non-hydrogen) atoms. The number of nitrogens with zero attached hydrogens (tertiary/aromatic N) is 4. The summed E-state index contributed by atoms with van der Waals surface area (Å²) in [6.45, 7) is 0. The zero-order chi connectivity index (χ0) is 15.6. The summed E-state index contributed by atoms with van der Waals surface area (Å²) in [5, 5.41) is 17.7. The molecule has 0 unspecified atom stereocenters. The molecule has 1 aromatic carbocycles. The molecule has 0 saturated carbocycles. The highest BCUT2D eigenvalue weighted by atomic mass is 32.1. The smallest absolute Gasteiger partial charge is 0.211 e.